The lowest BCUT2D eigenvalue weighted by molar-refractivity contribution is 1.39. The van der Waals surface area contributed by atoms with Crippen molar-refractivity contribution in [3.8, 4) is 0 Å². The molecule has 0 fully saturated rings. The number of benzene rings is 1. The fourth-order valence-electron chi connectivity index (χ4n) is 0.982. The Morgan fingerprint density at radius 3 is 3.17 bits per heavy atom. The van der Waals surface area contributed by atoms with Crippen molar-refractivity contribution >= 4 is 35.3 Å². The molecule has 0 atom stereocenters. The first-order chi connectivity index (χ1) is 5.88. The zero-order valence-corrected chi connectivity index (χ0v) is 7.77. The molecule has 1 aromatic carbocycles. The maximum absolute atomic E-state index is 5.99. The highest BCUT2D eigenvalue weighted by Gasteiger charge is 2.05. The van der Waals surface area contributed by atoms with E-state index in [1.54, 1.807) is 18.0 Å². The molecule has 0 radical (unpaired) electrons. The number of hydrogen-bond donors (Lipinski definition) is 0. The second kappa shape index (κ2) is 3.33. The molecule has 0 bridgehead atoms. The van der Waals surface area contributed by atoms with Crippen LogP contribution in [0.5, 0.6) is 0 Å². The molecule has 0 saturated carbocycles. The van der Waals surface area contributed by atoms with Gasteiger partial charge in [-0.05, 0) is 23.6 Å². The van der Waals surface area contributed by atoms with Crippen molar-refractivity contribution in [1.29, 1.82) is 0 Å². The summed E-state index contributed by atoms with van der Waals surface area (Å²) in [5.74, 6) is 0. The summed E-state index contributed by atoms with van der Waals surface area (Å²) in [6, 6.07) is 5.74. The van der Waals surface area contributed by atoms with Gasteiger partial charge in [0.1, 0.15) is 0 Å². The molecule has 12 heavy (non-hydrogen) atoms. The van der Waals surface area contributed by atoms with Crippen LogP contribution in [-0.4, -0.2) is 6.21 Å². The predicted molar refractivity (Wildman–Crippen MR) is 54.6 cm³/mol. The summed E-state index contributed by atoms with van der Waals surface area (Å²) in [5.41, 5.74) is 0.942. The minimum absolute atomic E-state index is 0.765. The largest absolute Gasteiger partial charge is 0.256 e. The summed E-state index contributed by atoms with van der Waals surface area (Å²) in [4.78, 5) is 5.26. The van der Waals surface area contributed by atoms with Crippen LogP contribution in [-0.2, 0) is 0 Å². The SMILES string of the molecule is Clc1cccc2c1SC=CC=N2. The lowest BCUT2D eigenvalue weighted by Gasteiger charge is -2.01. The number of rotatable bonds is 0. The lowest BCUT2D eigenvalue weighted by atomic mass is 10.3. The van der Waals surface area contributed by atoms with E-state index >= 15 is 0 Å². The molecular weight excluding hydrogens is 190 g/mol. The average Bonchev–Trinajstić information content (AvgIpc) is 2.30. The minimum atomic E-state index is 0.765. The van der Waals surface area contributed by atoms with Gasteiger partial charge in [-0.2, -0.15) is 0 Å². The van der Waals surface area contributed by atoms with Crippen molar-refractivity contribution in [3.05, 3.63) is 34.7 Å². The van der Waals surface area contributed by atoms with Gasteiger partial charge in [0.2, 0.25) is 0 Å². The molecule has 0 unspecified atom stereocenters. The standard InChI is InChI=1S/C9H6ClNS/c10-7-3-1-4-8-9(7)12-6-2-5-11-8/h1-6H. The van der Waals surface area contributed by atoms with Crippen LogP contribution in [0.25, 0.3) is 0 Å². The van der Waals surface area contributed by atoms with Crippen molar-refractivity contribution < 1.29 is 0 Å². The van der Waals surface area contributed by atoms with Gasteiger partial charge in [0.05, 0.1) is 15.6 Å². The Bertz CT molecular complexity index is 358. The van der Waals surface area contributed by atoms with E-state index in [4.69, 9.17) is 11.6 Å². The Hall–Kier alpha value is -0.730. The number of thioether (sulfide) groups is 1. The summed E-state index contributed by atoms with van der Waals surface area (Å²) in [7, 11) is 0. The first kappa shape index (κ1) is 7.90. The molecular formula is C9H6ClNS. The molecule has 1 aromatic rings. The van der Waals surface area contributed by atoms with Crippen LogP contribution in [0.3, 0.4) is 0 Å². The average molecular weight is 196 g/mol. The maximum atomic E-state index is 5.99. The third-order valence-corrected chi connectivity index (χ3v) is 2.90. The lowest BCUT2D eigenvalue weighted by Crippen LogP contribution is -1.72. The maximum Gasteiger partial charge on any atom is 0.0783 e. The number of fused-ring (bicyclic) bond motifs is 1. The second-order valence-electron chi connectivity index (χ2n) is 2.31. The van der Waals surface area contributed by atoms with Crippen LogP contribution in [0, 0.1) is 0 Å². The van der Waals surface area contributed by atoms with Gasteiger partial charge in [-0.1, -0.05) is 29.4 Å². The van der Waals surface area contributed by atoms with Gasteiger partial charge in [0.15, 0.2) is 0 Å². The van der Waals surface area contributed by atoms with Crippen LogP contribution in [0.15, 0.2) is 39.6 Å². The molecule has 3 heteroatoms. The highest BCUT2D eigenvalue weighted by atomic mass is 35.5. The molecule has 0 N–H and O–H groups in total. The molecule has 60 valence electrons. The van der Waals surface area contributed by atoms with Crippen LogP contribution in [0.1, 0.15) is 0 Å². The van der Waals surface area contributed by atoms with E-state index < -0.39 is 0 Å². The van der Waals surface area contributed by atoms with Crippen LogP contribution in [0.4, 0.5) is 5.69 Å². The normalized spacial score (nSPS) is 14.1. The monoisotopic (exact) mass is 195 g/mol. The van der Waals surface area contributed by atoms with E-state index in [2.05, 4.69) is 4.99 Å². The highest BCUT2D eigenvalue weighted by Crippen LogP contribution is 2.37. The van der Waals surface area contributed by atoms with Gasteiger partial charge in [-0.15, -0.1) is 0 Å². The molecule has 1 aliphatic heterocycles. The number of hydrogen-bond acceptors (Lipinski definition) is 2. The molecule has 0 amide bonds. The Kier molecular flexibility index (Phi) is 2.19. The number of allylic oxidation sites excluding steroid dienone is 1. The summed E-state index contributed by atoms with van der Waals surface area (Å²) in [6.07, 6.45) is 3.68. The number of aliphatic imine (C=N–C) groups is 1. The van der Waals surface area contributed by atoms with Crippen molar-refractivity contribution in [2.24, 2.45) is 4.99 Å². The molecule has 0 aliphatic carbocycles. The third kappa shape index (κ3) is 1.40. The summed E-state index contributed by atoms with van der Waals surface area (Å²) >= 11 is 7.58. The van der Waals surface area contributed by atoms with E-state index in [1.165, 1.54) is 0 Å². The van der Waals surface area contributed by atoms with Gasteiger partial charge < -0.3 is 0 Å². The van der Waals surface area contributed by atoms with Crippen molar-refractivity contribution in [2.45, 2.75) is 4.90 Å². The zero-order chi connectivity index (χ0) is 8.39. The number of nitrogens with zero attached hydrogens (tertiary/aromatic N) is 1. The Morgan fingerprint density at radius 1 is 1.33 bits per heavy atom. The van der Waals surface area contributed by atoms with Crippen LogP contribution >= 0.6 is 23.4 Å². The second-order valence-corrected chi connectivity index (χ2v) is 3.64. The van der Waals surface area contributed by atoms with Gasteiger partial charge in [0, 0.05) is 6.21 Å². The quantitative estimate of drug-likeness (QED) is 0.616. The summed E-state index contributed by atoms with van der Waals surface area (Å²) in [6.45, 7) is 0. The topological polar surface area (TPSA) is 12.4 Å². The molecule has 1 aliphatic rings. The first-order valence-corrected chi connectivity index (χ1v) is 4.78. The Morgan fingerprint density at radius 2 is 2.25 bits per heavy atom. The van der Waals surface area contributed by atoms with Gasteiger partial charge >= 0.3 is 0 Å². The smallest absolute Gasteiger partial charge is 0.0783 e. The van der Waals surface area contributed by atoms with Crippen LogP contribution in [0.2, 0.25) is 5.02 Å². The Labute approximate surface area is 80.2 Å². The third-order valence-electron chi connectivity index (χ3n) is 1.51. The van der Waals surface area contributed by atoms with E-state index in [1.807, 2.05) is 29.7 Å². The van der Waals surface area contributed by atoms with E-state index in [0.717, 1.165) is 15.6 Å². The van der Waals surface area contributed by atoms with Crippen molar-refractivity contribution in [3.63, 3.8) is 0 Å². The molecule has 0 aromatic heterocycles. The fourth-order valence-corrected chi connectivity index (χ4v) is 1.99. The predicted octanol–water partition coefficient (Wildman–Crippen LogP) is 3.66. The molecule has 2 rings (SSSR count). The zero-order valence-electron chi connectivity index (χ0n) is 6.20. The molecule has 1 nitrogen and oxygen atoms in total. The minimum Gasteiger partial charge on any atom is -0.256 e. The van der Waals surface area contributed by atoms with Crippen molar-refractivity contribution in [1.82, 2.24) is 0 Å². The first-order valence-electron chi connectivity index (χ1n) is 3.52. The molecule has 0 spiro atoms. The summed E-state index contributed by atoms with van der Waals surface area (Å²) < 4.78 is 0. The van der Waals surface area contributed by atoms with E-state index in [9.17, 15) is 0 Å². The van der Waals surface area contributed by atoms with E-state index in [0.29, 0.717) is 0 Å². The number of halogens is 1. The van der Waals surface area contributed by atoms with E-state index in [-0.39, 0.29) is 0 Å². The molecule has 0 saturated heterocycles. The fraction of sp³-hybridized carbons (Fsp3) is 0. The Balaban J connectivity index is 2.59. The molecule has 1 heterocycles. The summed E-state index contributed by atoms with van der Waals surface area (Å²) in [5, 5.41) is 2.74. The van der Waals surface area contributed by atoms with Gasteiger partial charge in [-0.25, -0.2) is 0 Å². The van der Waals surface area contributed by atoms with Gasteiger partial charge in [-0.3, -0.25) is 4.99 Å². The van der Waals surface area contributed by atoms with Gasteiger partial charge in [0.25, 0.3) is 0 Å². The van der Waals surface area contributed by atoms with Crippen molar-refractivity contribution in [2.75, 3.05) is 0 Å². The highest BCUT2D eigenvalue weighted by molar-refractivity contribution is 8.02. The van der Waals surface area contributed by atoms with Crippen LogP contribution < -0.4 is 0 Å².